The van der Waals surface area contributed by atoms with Crippen LogP contribution >= 0.6 is 0 Å². The highest BCUT2D eigenvalue weighted by Gasteiger charge is 2.15. The van der Waals surface area contributed by atoms with Crippen molar-refractivity contribution in [3.05, 3.63) is 71.3 Å². The van der Waals surface area contributed by atoms with E-state index in [2.05, 4.69) is 10.4 Å². The van der Waals surface area contributed by atoms with Gasteiger partial charge in [-0.2, -0.15) is 5.10 Å². The summed E-state index contributed by atoms with van der Waals surface area (Å²) >= 11 is 0. The molecule has 1 heterocycles. The van der Waals surface area contributed by atoms with Gasteiger partial charge in [0, 0.05) is 18.0 Å². The summed E-state index contributed by atoms with van der Waals surface area (Å²) in [5.74, 6) is -0.282. The fourth-order valence-electron chi connectivity index (χ4n) is 2.60. The Morgan fingerprint density at radius 1 is 1.26 bits per heavy atom. The lowest BCUT2D eigenvalue weighted by Crippen LogP contribution is -2.12. The number of hydrogen-bond acceptors (Lipinski definition) is 4. The van der Waals surface area contributed by atoms with E-state index in [9.17, 15) is 14.0 Å². The molecule has 0 radical (unpaired) electrons. The van der Waals surface area contributed by atoms with Gasteiger partial charge in [-0.1, -0.05) is 0 Å². The van der Waals surface area contributed by atoms with Crippen molar-refractivity contribution in [3.63, 3.8) is 0 Å². The van der Waals surface area contributed by atoms with Crippen LogP contribution in [0.4, 0.5) is 10.1 Å². The molecule has 6 nitrogen and oxygen atoms in total. The minimum Gasteiger partial charge on any atom is -0.493 e. The van der Waals surface area contributed by atoms with Gasteiger partial charge in [-0.3, -0.25) is 9.59 Å². The lowest BCUT2D eigenvalue weighted by Gasteiger charge is -2.09. The van der Waals surface area contributed by atoms with Gasteiger partial charge < -0.3 is 10.1 Å². The highest BCUT2D eigenvalue weighted by molar-refractivity contribution is 6.05. The van der Waals surface area contributed by atoms with Gasteiger partial charge in [0.2, 0.25) is 0 Å². The number of benzene rings is 2. The maximum atomic E-state index is 13.1. The Morgan fingerprint density at radius 3 is 2.67 bits per heavy atom. The third-order valence-electron chi connectivity index (χ3n) is 3.93. The zero-order chi connectivity index (χ0) is 19.4. The molecule has 0 spiro atoms. The molecule has 0 aliphatic carbocycles. The van der Waals surface area contributed by atoms with Gasteiger partial charge in [-0.15, -0.1) is 0 Å². The van der Waals surface area contributed by atoms with Gasteiger partial charge >= 0.3 is 0 Å². The fraction of sp³-hybridized carbons (Fsp3) is 0.150. The van der Waals surface area contributed by atoms with E-state index in [1.807, 2.05) is 6.92 Å². The van der Waals surface area contributed by atoms with E-state index >= 15 is 0 Å². The Labute approximate surface area is 155 Å². The molecule has 1 N–H and O–H groups in total. The summed E-state index contributed by atoms with van der Waals surface area (Å²) in [4.78, 5) is 23.7. The van der Waals surface area contributed by atoms with Gasteiger partial charge in [0.25, 0.3) is 5.91 Å². The van der Waals surface area contributed by atoms with Crippen LogP contribution in [0.25, 0.3) is 5.69 Å². The summed E-state index contributed by atoms with van der Waals surface area (Å²) in [6, 6.07) is 10.6. The number of aromatic nitrogens is 2. The third kappa shape index (κ3) is 4.03. The summed E-state index contributed by atoms with van der Waals surface area (Å²) in [6.45, 7) is 3.94. The first-order chi connectivity index (χ1) is 13.0. The number of carbonyl (C=O) groups excluding carboxylic acids is 2. The van der Waals surface area contributed by atoms with Gasteiger partial charge in [-0.05, 0) is 50.2 Å². The Balaban J connectivity index is 1.83. The van der Waals surface area contributed by atoms with Crippen molar-refractivity contribution in [2.75, 3.05) is 11.9 Å². The fourth-order valence-corrected chi connectivity index (χ4v) is 2.60. The molecule has 0 aliphatic heterocycles. The molecule has 0 bridgehead atoms. The molecule has 0 fully saturated rings. The van der Waals surface area contributed by atoms with E-state index in [4.69, 9.17) is 4.74 Å². The van der Waals surface area contributed by atoms with Crippen LogP contribution in [-0.4, -0.2) is 28.6 Å². The van der Waals surface area contributed by atoms with E-state index in [0.717, 1.165) is 0 Å². The molecular formula is C20H18FN3O3. The van der Waals surface area contributed by atoms with E-state index in [1.54, 1.807) is 43.5 Å². The maximum Gasteiger partial charge on any atom is 0.259 e. The summed E-state index contributed by atoms with van der Waals surface area (Å²) in [5, 5.41) is 7.08. The highest BCUT2D eigenvalue weighted by atomic mass is 19.1. The van der Waals surface area contributed by atoms with Crippen molar-refractivity contribution in [3.8, 4) is 11.4 Å². The number of ether oxygens (including phenoxy) is 1. The quantitative estimate of drug-likeness (QED) is 0.673. The zero-order valence-electron chi connectivity index (χ0n) is 14.9. The molecule has 1 amide bonds. The molecule has 27 heavy (non-hydrogen) atoms. The molecule has 138 valence electrons. The monoisotopic (exact) mass is 367 g/mol. The van der Waals surface area contributed by atoms with Crippen molar-refractivity contribution < 1.29 is 18.7 Å². The maximum absolute atomic E-state index is 13.1. The van der Waals surface area contributed by atoms with Crippen LogP contribution in [-0.2, 0) is 0 Å². The molecule has 0 unspecified atom stereocenters. The van der Waals surface area contributed by atoms with Crippen LogP contribution in [0.5, 0.6) is 5.75 Å². The Hall–Kier alpha value is -3.48. The molecule has 0 aliphatic rings. The smallest absolute Gasteiger partial charge is 0.259 e. The second-order valence-electron chi connectivity index (χ2n) is 5.81. The van der Waals surface area contributed by atoms with E-state index in [-0.39, 0.29) is 11.7 Å². The van der Waals surface area contributed by atoms with Crippen molar-refractivity contribution >= 4 is 17.9 Å². The first-order valence-corrected chi connectivity index (χ1v) is 8.37. The minimum atomic E-state index is -0.345. The molecule has 0 atom stereocenters. The number of hydrogen-bond donors (Lipinski definition) is 1. The van der Waals surface area contributed by atoms with Gasteiger partial charge in [0.15, 0.2) is 6.29 Å². The standard InChI is InChI=1S/C20H18FN3O3/c1-3-27-19-10-16(7-4-14(19)12-25)22-20(26)18-11-24(23-13(18)2)17-8-5-15(21)6-9-17/h4-12H,3H2,1-2H3,(H,22,26). The summed E-state index contributed by atoms with van der Waals surface area (Å²) < 4.78 is 20.0. The molecule has 7 heteroatoms. The summed E-state index contributed by atoms with van der Waals surface area (Å²) in [5.41, 5.74) is 2.48. The van der Waals surface area contributed by atoms with Crippen LogP contribution < -0.4 is 10.1 Å². The average Bonchev–Trinajstić information content (AvgIpc) is 3.05. The number of halogens is 1. The lowest BCUT2D eigenvalue weighted by molar-refractivity contribution is 0.102. The van der Waals surface area contributed by atoms with Crippen molar-refractivity contribution in [1.29, 1.82) is 0 Å². The van der Waals surface area contributed by atoms with Crippen molar-refractivity contribution in [1.82, 2.24) is 9.78 Å². The summed E-state index contributed by atoms with van der Waals surface area (Å²) in [6.07, 6.45) is 2.29. The molecule has 2 aromatic carbocycles. The van der Waals surface area contributed by atoms with E-state index in [1.165, 1.54) is 16.8 Å². The number of anilines is 1. The van der Waals surface area contributed by atoms with Crippen LogP contribution in [0, 0.1) is 12.7 Å². The molecule has 3 rings (SSSR count). The van der Waals surface area contributed by atoms with Gasteiger partial charge in [-0.25, -0.2) is 9.07 Å². The summed E-state index contributed by atoms with van der Waals surface area (Å²) in [7, 11) is 0. The number of aryl methyl sites for hydroxylation is 1. The number of carbonyl (C=O) groups is 2. The Kier molecular flexibility index (Phi) is 5.30. The molecular weight excluding hydrogens is 349 g/mol. The van der Waals surface area contributed by atoms with Crippen LogP contribution in [0.1, 0.15) is 33.3 Å². The lowest BCUT2D eigenvalue weighted by atomic mass is 10.2. The number of amides is 1. The average molecular weight is 367 g/mol. The van der Waals surface area contributed by atoms with Crippen LogP contribution in [0.2, 0.25) is 0 Å². The molecule has 3 aromatic rings. The minimum absolute atomic E-state index is 0.343. The van der Waals surface area contributed by atoms with Crippen molar-refractivity contribution in [2.24, 2.45) is 0 Å². The second kappa shape index (κ2) is 7.82. The topological polar surface area (TPSA) is 73.2 Å². The number of rotatable bonds is 6. The molecule has 0 saturated carbocycles. The third-order valence-corrected chi connectivity index (χ3v) is 3.93. The molecule has 0 saturated heterocycles. The SMILES string of the molecule is CCOc1cc(NC(=O)c2cn(-c3ccc(F)cc3)nc2C)ccc1C=O. The van der Waals surface area contributed by atoms with Gasteiger partial charge in [0.05, 0.1) is 29.1 Å². The van der Waals surface area contributed by atoms with Crippen LogP contribution in [0.15, 0.2) is 48.7 Å². The number of aldehydes is 1. The van der Waals surface area contributed by atoms with E-state index < -0.39 is 0 Å². The Morgan fingerprint density at radius 2 is 2.00 bits per heavy atom. The first-order valence-electron chi connectivity index (χ1n) is 8.37. The zero-order valence-corrected chi connectivity index (χ0v) is 14.9. The highest BCUT2D eigenvalue weighted by Crippen LogP contribution is 2.23. The largest absolute Gasteiger partial charge is 0.493 e. The number of nitrogens with one attached hydrogen (secondary N) is 1. The Bertz CT molecular complexity index is 981. The predicted molar refractivity (Wildman–Crippen MR) is 99.2 cm³/mol. The second-order valence-corrected chi connectivity index (χ2v) is 5.81. The van der Waals surface area contributed by atoms with Crippen LogP contribution in [0.3, 0.4) is 0 Å². The normalized spacial score (nSPS) is 10.5. The van der Waals surface area contributed by atoms with Crippen molar-refractivity contribution in [2.45, 2.75) is 13.8 Å². The predicted octanol–water partition coefficient (Wildman–Crippen LogP) is 3.78. The number of nitrogens with zero attached hydrogens (tertiary/aromatic N) is 2. The van der Waals surface area contributed by atoms with Gasteiger partial charge in [0.1, 0.15) is 11.6 Å². The first kappa shape index (κ1) is 18.3. The molecule has 1 aromatic heterocycles. The van der Waals surface area contributed by atoms with E-state index in [0.29, 0.717) is 46.8 Å².